The Morgan fingerprint density at radius 1 is 1.10 bits per heavy atom. The number of aliphatic hydroxyl groups excluding tert-OH is 1. The number of piperazine rings is 1. The standard InChI is InChI=1S/C18H24N2O/c1-19-9-10-20(2)17(13-19)12-18(21)16-8-7-14-5-3-4-6-15(14)11-16/h3-8,11,17-18,21H,9-10,12-13H2,1-2H3. The van der Waals surface area contributed by atoms with Gasteiger partial charge in [-0.2, -0.15) is 0 Å². The second-order valence-corrected chi connectivity index (χ2v) is 6.25. The van der Waals surface area contributed by atoms with Crippen molar-refractivity contribution in [1.29, 1.82) is 0 Å². The van der Waals surface area contributed by atoms with Crippen LogP contribution in [0.1, 0.15) is 18.1 Å². The fourth-order valence-corrected chi connectivity index (χ4v) is 3.16. The van der Waals surface area contributed by atoms with E-state index in [4.69, 9.17) is 0 Å². The number of nitrogens with zero attached hydrogens (tertiary/aromatic N) is 2. The number of hydrogen-bond donors (Lipinski definition) is 1. The molecule has 1 heterocycles. The third kappa shape index (κ3) is 3.26. The molecule has 2 aromatic rings. The first kappa shape index (κ1) is 14.5. The van der Waals surface area contributed by atoms with E-state index in [0.717, 1.165) is 31.6 Å². The summed E-state index contributed by atoms with van der Waals surface area (Å²) in [5.41, 5.74) is 1.02. The molecule has 3 heteroatoms. The molecule has 1 N–H and O–H groups in total. The number of fused-ring (bicyclic) bond motifs is 1. The molecule has 1 saturated heterocycles. The number of likely N-dealkylation sites (N-methyl/N-ethyl adjacent to an activating group) is 2. The number of aliphatic hydroxyl groups is 1. The van der Waals surface area contributed by atoms with Crippen LogP contribution in [-0.4, -0.2) is 54.7 Å². The van der Waals surface area contributed by atoms with E-state index in [0.29, 0.717) is 6.04 Å². The van der Waals surface area contributed by atoms with Crippen LogP contribution < -0.4 is 0 Å². The van der Waals surface area contributed by atoms with Gasteiger partial charge in [-0.05, 0) is 42.9 Å². The lowest BCUT2D eigenvalue weighted by Crippen LogP contribution is -2.50. The maximum Gasteiger partial charge on any atom is 0.0805 e. The Labute approximate surface area is 126 Å². The van der Waals surface area contributed by atoms with Gasteiger partial charge in [0.1, 0.15) is 0 Å². The Hall–Kier alpha value is -1.42. The van der Waals surface area contributed by atoms with E-state index >= 15 is 0 Å². The molecular weight excluding hydrogens is 260 g/mol. The molecule has 112 valence electrons. The average Bonchev–Trinajstić information content (AvgIpc) is 2.50. The van der Waals surface area contributed by atoms with Gasteiger partial charge in [-0.1, -0.05) is 36.4 Å². The molecule has 0 saturated carbocycles. The smallest absolute Gasteiger partial charge is 0.0805 e. The van der Waals surface area contributed by atoms with E-state index in [1.54, 1.807) is 0 Å². The van der Waals surface area contributed by atoms with Gasteiger partial charge < -0.3 is 14.9 Å². The fraction of sp³-hybridized carbons (Fsp3) is 0.444. The van der Waals surface area contributed by atoms with Crippen LogP contribution in [0.15, 0.2) is 42.5 Å². The zero-order valence-corrected chi connectivity index (χ0v) is 12.9. The summed E-state index contributed by atoms with van der Waals surface area (Å²) < 4.78 is 0. The van der Waals surface area contributed by atoms with Gasteiger partial charge in [0.15, 0.2) is 0 Å². The van der Waals surface area contributed by atoms with E-state index < -0.39 is 6.10 Å². The van der Waals surface area contributed by atoms with Crippen molar-refractivity contribution in [3.63, 3.8) is 0 Å². The topological polar surface area (TPSA) is 26.7 Å². The van der Waals surface area contributed by atoms with Crippen LogP contribution in [0.5, 0.6) is 0 Å². The van der Waals surface area contributed by atoms with Crippen molar-refractivity contribution in [3.8, 4) is 0 Å². The van der Waals surface area contributed by atoms with Crippen molar-refractivity contribution >= 4 is 10.8 Å². The number of rotatable bonds is 3. The number of hydrogen-bond acceptors (Lipinski definition) is 3. The van der Waals surface area contributed by atoms with Gasteiger partial charge in [0.25, 0.3) is 0 Å². The molecule has 3 nitrogen and oxygen atoms in total. The first-order valence-electron chi connectivity index (χ1n) is 7.69. The molecule has 0 radical (unpaired) electrons. The molecule has 0 amide bonds. The zero-order chi connectivity index (χ0) is 14.8. The Bertz CT molecular complexity index is 613. The van der Waals surface area contributed by atoms with Gasteiger partial charge in [-0.15, -0.1) is 0 Å². The first-order chi connectivity index (χ1) is 10.1. The van der Waals surface area contributed by atoms with Crippen molar-refractivity contribution in [2.75, 3.05) is 33.7 Å². The normalized spacial score (nSPS) is 22.5. The Morgan fingerprint density at radius 2 is 1.86 bits per heavy atom. The van der Waals surface area contributed by atoms with E-state index in [-0.39, 0.29) is 0 Å². The Morgan fingerprint density at radius 3 is 2.67 bits per heavy atom. The number of benzene rings is 2. The van der Waals surface area contributed by atoms with Crippen molar-refractivity contribution in [2.24, 2.45) is 0 Å². The SMILES string of the molecule is CN1CCN(C)C(CC(O)c2ccc3ccccc3c2)C1. The van der Waals surface area contributed by atoms with E-state index in [9.17, 15) is 5.11 Å². The highest BCUT2D eigenvalue weighted by molar-refractivity contribution is 5.83. The van der Waals surface area contributed by atoms with Crippen molar-refractivity contribution < 1.29 is 5.11 Å². The predicted molar refractivity (Wildman–Crippen MR) is 87.4 cm³/mol. The van der Waals surface area contributed by atoms with Gasteiger partial charge in [0.05, 0.1) is 6.10 Å². The lowest BCUT2D eigenvalue weighted by atomic mass is 9.97. The van der Waals surface area contributed by atoms with E-state index in [1.807, 2.05) is 12.1 Å². The highest BCUT2D eigenvalue weighted by Gasteiger charge is 2.25. The van der Waals surface area contributed by atoms with Crippen LogP contribution in [-0.2, 0) is 0 Å². The highest BCUT2D eigenvalue weighted by atomic mass is 16.3. The Balaban J connectivity index is 1.75. The molecule has 2 aromatic carbocycles. The van der Waals surface area contributed by atoms with Gasteiger partial charge in [-0.3, -0.25) is 0 Å². The summed E-state index contributed by atoms with van der Waals surface area (Å²) in [6.07, 6.45) is 0.396. The van der Waals surface area contributed by atoms with Crippen molar-refractivity contribution in [3.05, 3.63) is 48.0 Å². The maximum absolute atomic E-state index is 10.6. The van der Waals surface area contributed by atoms with Gasteiger partial charge in [0, 0.05) is 25.7 Å². The second kappa shape index (κ2) is 6.14. The molecule has 2 unspecified atom stereocenters. The van der Waals surface area contributed by atoms with E-state index in [1.165, 1.54) is 10.8 Å². The molecule has 1 aliphatic heterocycles. The summed E-state index contributed by atoms with van der Waals surface area (Å²) in [7, 11) is 4.31. The van der Waals surface area contributed by atoms with Crippen LogP contribution in [0.3, 0.4) is 0 Å². The highest BCUT2D eigenvalue weighted by Crippen LogP contribution is 2.25. The second-order valence-electron chi connectivity index (χ2n) is 6.25. The van der Waals surface area contributed by atoms with E-state index in [2.05, 4.69) is 54.2 Å². The minimum atomic E-state index is -0.395. The summed E-state index contributed by atoms with van der Waals surface area (Å²) in [5.74, 6) is 0. The van der Waals surface area contributed by atoms with Gasteiger partial charge >= 0.3 is 0 Å². The maximum atomic E-state index is 10.6. The fourth-order valence-electron chi connectivity index (χ4n) is 3.16. The summed E-state index contributed by atoms with van der Waals surface area (Å²) in [4.78, 5) is 4.71. The Kier molecular flexibility index (Phi) is 4.24. The van der Waals surface area contributed by atoms with Crippen LogP contribution in [0.2, 0.25) is 0 Å². The van der Waals surface area contributed by atoms with Crippen LogP contribution in [0.4, 0.5) is 0 Å². The molecule has 0 aromatic heterocycles. The third-order valence-electron chi connectivity index (χ3n) is 4.63. The zero-order valence-electron chi connectivity index (χ0n) is 12.9. The van der Waals surface area contributed by atoms with Crippen LogP contribution >= 0.6 is 0 Å². The molecule has 0 spiro atoms. The molecular formula is C18H24N2O. The predicted octanol–water partition coefficient (Wildman–Crippen LogP) is 2.51. The summed E-state index contributed by atoms with van der Waals surface area (Å²) in [5, 5.41) is 13.0. The molecule has 0 aliphatic carbocycles. The average molecular weight is 284 g/mol. The summed E-state index contributed by atoms with van der Waals surface area (Å²) >= 11 is 0. The summed E-state index contributed by atoms with van der Waals surface area (Å²) in [6, 6.07) is 15.0. The largest absolute Gasteiger partial charge is 0.388 e. The molecule has 21 heavy (non-hydrogen) atoms. The van der Waals surface area contributed by atoms with Crippen LogP contribution in [0, 0.1) is 0 Å². The molecule has 3 rings (SSSR count). The molecule has 0 bridgehead atoms. The third-order valence-corrected chi connectivity index (χ3v) is 4.63. The minimum Gasteiger partial charge on any atom is -0.388 e. The lowest BCUT2D eigenvalue weighted by molar-refractivity contribution is 0.0635. The molecule has 1 aliphatic rings. The van der Waals surface area contributed by atoms with Crippen molar-refractivity contribution in [2.45, 2.75) is 18.6 Å². The molecule has 1 fully saturated rings. The van der Waals surface area contributed by atoms with Crippen molar-refractivity contribution in [1.82, 2.24) is 9.80 Å². The van der Waals surface area contributed by atoms with Crippen LogP contribution in [0.25, 0.3) is 10.8 Å². The monoisotopic (exact) mass is 284 g/mol. The molecule has 2 atom stereocenters. The first-order valence-corrected chi connectivity index (χ1v) is 7.69. The summed E-state index contributed by atoms with van der Waals surface area (Å²) in [6.45, 7) is 3.21. The minimum absolute atomic E-state index is 0.395. The quantitative estimate of drug-likeness (QED) is 0.938. The lowest BCUT2D eigenvalue weighted by Gasteiger charge is -2.38. The van der Waals surface area contributed by atoms with Gasteiger partial charge in [0.2, 0.25) is 0 Å². The van der Waals surface area contributed by atoms with Gasteiger partial charge in [-0.25, -0.2) is 0 Å².